The molecule has 0 aliphatic carbocycles. The number of nitrogens with two attached hydrogens (primary N) is 1. The highest BCUT2D eigenvalue weighted by Crippen LogP contribution is 2.32. The molecule has 4 aromatic carbocycles. The van der Waals surface area contributed by atoms with Crippen LogP contribution in [0.25, 0.3) is 27.5 Å². The first-order chi connectivity index (χ1) is 46.9. The van der Waals surface area contributed by atoms with E-state index in [1.54, 1.807) is 48.5 Å². The first-order valence-electron chi connectivity index (χ1n) is 31.2. The summed E-state index contributed by atoms with van der Waals surface area (Å²) in [5.41, 5.74) is 7.63. The first-order valence-corrected chi connectivity index (χ1v) is 31.2. The molecule has 3 aliphatic heterocycles. The van der Waals surface area contributed by atoms with E-state index in [9.17, 15) is 47.4 Å². The van der Waals surface area contributed by atoms with E-state index >= 15 is 19.2 Å². The zero-order valence-corrected chi connectivity index (χ0v) is 53.2. The van der Waals surface area contributed by atoms with E-state index < -0.39 is 150 Å². The number of primary amides is 1. The number of carbonyl (C=O) groups excluding carboxylic acids is 10. The number of halogens is 2. The maximum atomic E-state index is 15.3. The number of nitrogens with zero attached hydrogens (tertiary/aromatic N) is 5. The number of carbonyl (C=O) groups is 11. The van der Waals surface area contributed by atoms with Crippen molar-refractivity contribution in [3.63, 3.8) is 0 Å². The number of hydrogen-bond donors (Lipinski definition) is 13. The van der Waals surface area contributed by atoms with Crippen LogP contribution in [0.4, 0.5) is 8.78 Å². The summed E-state index contributed by atoms with van der Waals surface area (Å²) in [5.74, 6) is -11.9. The number of H-pyrrole nitrogens is 3. The minimum atomic E-state index is -2.04. The lowest BCUT2D eigenvalue weighted by molar-refractivity contribution is -0.147. The van der Waals surface area contributed by atoms with Gasteiger partial charge in [-0.25, -0.2) is 18.4 Å². The van der Waals surface area contributed by atoms with Gasteiger partial charge in [0.05, 0.1) is 44.0 Å². The number of aromatic nitrogens is 7. The van der Waals surface area contributed by atoms with Gasteiger partial charge in [0.1, 0.15) is 65.2 Å². The number of nitrogens with one attached hydrogen (secondary N) is 11. The summed E-state index contributed by atoms with van der Waals surface area (Å²) >= 11 is 0. The van der Waals surface area contributed by atoms with E-state index in [0.717, 1.165) is 13.0 Å². The van der Waals surface area contributed by atoms with Crippen LogP contribution in [-0.4, -0.2) is 178 Å². The van der Waals surface area contributed by atoms with E-state index in [1.165, 1.54) is 85.1 Å². The number of hydrogen-bond acceptors (Lipinski definition) is 15. The van der Waals surface area contributed by atoms with Gasteiger partial charge in [-0.1, -0.05) is 29.5 Å². The average molecular weight is 1350 g/mol. The Morgan fingerprint density at radius 1 is 0.704 bits per heavy atom. The van der Waals surface area contributed by atoms with Gasteiger partial charge >= 0.3 is 5.97 Å². The van der Waals surface area contributed by atoms with E-state index in [2.05, 4.69) is 72.8 Å². The fourth-order valence-corrected chi connectivity index (χ4v) is 12.0. The first kappa shape index (κ1) is 69.0. The average Bonchev–Trinajstić information content (AvgIpc) is 1.55. The highest BCUT2D eigenvalue weighted by molar-refractivity contribution is 6.00. The number of rotatable bonds is 13. The topological polar surface area (TPSA) is 434 Å². The van der Waals surface area contributed by atoms with Crippen LogP contribution in [0, 0.1) is 11.6 Å². The molecule has 1 saturated heterocycles. The molecule has 32 heteroatoms. The van der Waals surface area contributed by atoms with Crippen molar-refractivity contribution in [1.82, 2.24) is 82.4 Å². The molecule has 0 saturated carbocycles. The van der Waals surface area contributed by atoms with Crippen molar-refractivity contribution in [2.24, 2.45) is 5.73 Å². The molecule has 512 valence electrons. The molecule has 0 spiro atoms. The molecule has 14 N–H and O–H groups in total. The summed E-state index contributed by atoms with van der Waals surface area (Å²) in [6.07, 6.45) is 4.47. The Hall–Kier alpha value is -11.9. The number of aromatic amines is 3. The lowest BCUT2D eigenvalue weighted by Gasteiger charge is -2.37. The van der Waals surface area contributed by atoms with Gasteiger partial charge in [-0.2, -0.15) is 0 Å². The second-order valence-corrected chi connectivity index (χ2v) is 24.2. The lowest BCUT2D eigenvalue weighted by atomic mass is 9.94. The third-order valence-corrected chi connectivity index (χ3v) is 17.2. The molecule has 4 aromatic heterocycles. The van der Waals surface area contributed by atoms with Crippen molar-refractivity contribution in [2.75, 3.05) is 20.2 Å². The fraction of sp³-hybridized carbons (Fsp3) is 0.333. The SMILES string of the molecule is COc1ccc(C[C@@H]2NC(=O)[C@H](Cc3cnc[nH]3)NC(=O)[C@H](CC(=O)O)NC(=O)[C@H](Cc3c[nH]c4ccc(F)cc34)NC(=O)[C@H](Cc3c[nH]c4ccc(F)cc34)NC(=O)CNC(=O)[C@H](NC(C)=O)Cc3cn(nn3)-c3ccc(cc3)C[C@@H](C(N)=O)NC(=O)[C@]3(C)CCCN3C2=O)cc1. The number of fused-ring (bicyclic) bond motifs is 27. The van der Waals surface area contributed by atoms with Crippen molar-refractivity contribution in [2.45, 2.75) is 119 Å². The predicted octanol–water partition coefficient (Wildman–Crippen LogP) is 0.180. The summed E-state index contributed by atoms with van der Waals surface area (Å²) < 4.78 is 36.5. The summed E-state index contributed by atoms with van der Waals surface area (Å²) in [5, 5.41) is 39.9. The molecule has 0 unspecified atom stereocenters. The van der Waals surface area contributed by atoms with Gasteiger partial charge in [0.15, 0.2) is 0 Å². The molecular weight excluding hydrogens is 1280 g/mol. The van der Waals surface area contributed by atoms with Gasteiger partial charge in [0.25, 0.3) is 0 Å². The minimum absolute atomic E-state index is 0.00958. The smallest absolute Gasteiger partial charge is 0.305 e. The third-order valence-electron chi connectivity index (χ3n) is 17.2. The molecule has 10 amide bonds. The normalized spacial score (nSPS) is 22.1. The lowest BCUT2D eigenvalue weighted by Crippen LogP contribution is -2.63. The van der Waals surface area contributed by atoms with Gasteiger partial charge in [-0.05, 0) is 103 Å². The molecular formula is C66H71F2N17O13. The molecule has 0 radical (unpaired) electrons. The van der Waals surface area contributed by atoms with Crippen LogP contribution in [-0.2, 0) is 91.3 Å². The molecule has 8 atom stereocenters. The summed E-state index contributed by atoms with van der Waals surface area (Å²) in [6.45, 7) is 1.87. The van der Waals surface area contributed by atoms with Gasteiger partial charge in [0, 0.05) is 98.1 Å². The van der Waals surface area contributed by atoms with Crippen molar-refractivity contribution >= 4 is 86.8 Å². The minimum Gasteiger partial charge on any atom is -0.497 e. The Kier molecular flexibility index (Phi) is 21.3. The van der Waals surface area contributed by atoms with Gasteiger partial charge in [-0.3, -0.25) is 52.7 Å². The molecule has 1 fully saturated rings. The molecule has 3 aliphatic rings. The van der Waals surface area contributed by atoms with E-state index in [1.807, 2.05) is 0 Å². The van der Waals surface area contributed by atoms with Crippen LogP contribution in [0.3, 0.4) is 0 Å². The van der Waals surface area contributed by atoms with E-state index in [-0.39, 0.29) is 61.0 Å². The quantitative estimate of drug-likeness (QED) is 0.0685. The molecule has 11 rings (SSSR count). The number of carboxylic acids is 1. The molecule has 30 nitrogen and oxygen atoms in total. The monoisotopic (exact) mass is 1350 g/mol. The van der Waals surface area contributed by atoms with Crippen LogP contribution in [0.1, 0.15) is 66.8 Å². The second kappa shape index (κ2) is 30.3. The van der Waals surface area contributed by atoms with Crippen LogP contribution in [0.5, 0.6) is 5.75 Å². The maximum absolute atomic E-state index is 15.3. The van der Waals surface area contributed by atoms with Crippen LogP contribution < -0.4 is 53.0 Å². The number of amides is 10. The zero-order chi connectivity index (χ0) is 69.9. The standard InChI is InChI=1S/C66H71F2N17O13/c1-34(86)75-52-26-42-32-85(83-82-42)43-11-5-35(6-12-43)19-49(58(69)90)81-65(97)66(2)17-4-18-84(66)64(96)55(20-36-7-13-44(98-3)14-8-36)80-62(94)53(25-41-30-70-33-74-41)78-63(95)54(27-57(88)89)79-61(93)51(22-38-29-72-48-16-10-40(68)24-46(38)48)77-60(92)50(76-56(87)31-73-59(52)91)21-37-28-71-47-15-9-39(67)23-45(37)47/h5-16,23-24,28-30,32-33,49-55,71-72H,4,17-22,25-27,31H2,1-3H3,(H2,69,90)(H,70,74)(H,73,91)(H,75,86)(H,76,87)(H,77,92)(H,78,95)(H,79,93)(H,80,94)(H,81,97)(H,88,89)/t49-,50-,51-,52+,53-,54-,55-,66-/m0/s1. The number of aliphatic carboxylic acids is 1. The van der Waals surface area contributed by atoms with E-state index in [4.69, 9.17) is 10.5 Å². The highest BCUT2D eigenvalue weighted by Gasteiger charge is 2.49. The summed E-state index contributed by atoms with van der Waals surface area (Å²) in [7, 11) is 1.46. The second-order valence-electron chi connectivity index (χ2n) is 24.2. The number of ether oxygens (including phenoxy) is 1. The van der Waals surface area contributed by atoms with Crippen molar-refractivity contribution in [3.8, 4) is 11.4 Å². The van der Waals surface area contributed by atoms with Crippen molar-refractivity contribution in [3.05, 3.63) is 161 Å². The van der Waals surface area contributed by atoms with Gasteiger partial charge in [-0.15, -0.1) is 5.10 Å². The number of imidazole rings is 1. The van der Waals surface area contributed by atoms with Gasteiger partial charge in [0.2, 0.25) is 59.1 Å². The predicted molar refractivity (Wildman–Crippen MR) is 345 cm³/mol. The van der Waals surface area contributed by atoms with Crippen LogP contribution >= 0.6 is 0 Å². The Bertz CT molecular complexity index is 4330. The molecule has 7 heterocycles. The Balaban J connectivity index is 1.02. The number of benzene rings is 4. The Labute approximate surface area is 556 Å². The Morgan fingerprint density at radius 2 is 1.30 bits per heavy atom. The number of carboxylic acid groups (broad SMARTS) is 1. The zero-order valence-electron chi connectivity index (χ0n) is 53.2. The van der Waals surface area contributed by atoms with Crippen LogP contribution in [0.15, 0.2) is 116 Å². The maximum Gasteiger partial charge on any atom is 0.305 e. The fourth-order valence-electron chi connectivity index (χ4n) is 12.0. The summed E-state index contributed by atoms with van der Waals surface area (Å²) in [4.78, 5) is 170. The van der Waals surface area contributed by atoms with Crippen LogP contribution in [0.2, 0.25) is 0 Å². The summed E-state index contributed by atoms with van der Waals surface area (Å²) in [6, 6.07) is 9.35. The van der Waals surface area contributed by atoms with Crippen molar-refractivity contribution < 1.29 is 71.4 Å². The molecule has 4 bridgehead atoms. The molecule has 98 heavy (non-hydrogen) atoms. The highest BCUT2D eigenvalue weighted by atomic mass is 19.1. The number of methoxy groups -OCH3 is 1. The Morgan fingerprint density at radius 3 is 1.88 bits per heavy atom. The molecule has 8 aromatic rings. The van der Waals surface area contributed by atoms with E-state index in [0.29, 0.717) is 51.0 Å². The largest absolute Gasteiger partial charge is 0.497 e. The van der Waals surface area contributed by atoms with Gasteiger partial charge < -0.3 is 78.0 Å². The third kappa shape index (κ3) is 16.8. The van der Waals surface area contributed by atoms with Crippen molar-refractivity contribution in [1.29, 1.82) is 0 Å².